The van der Waals surface area contributed by atoms with Gasteiger partial charge in [0.1, 0.15) is 11.6 Å². The van der Waals surface area contributed by atoms with Crippen molar-refractivity contribution in [1.29, 1.82) is 5.26 Å². The molecule has 8 nitrogen and oxygen atoms in total. The second-order valence-electron chi connectivity index (χ2n) is 3.69. The van der Waals surface area contributed by atoms with Crippen LogP contribution in [0.2, 0.25) is 0 Å². The summed E-state index contributed by atoms with van der Waals surface area (Å²) in [4.78, 5) is 0. The van der Waals surface area contributed by atoms with E-state index >= 15 is 0 Å². The number of hydrogen-bond acceptors (Lipinski definition) is 6. The van der Waals surface area contributed by atoms with Gasteiger partial charge in [-0.05, 0) is 6.92 Å². The minimum atomic E-state index is -3.93. The van der Waals surface area contributed by atoms with Crippen LogP contribution in [-0.2, 0) is 26.9 Å². The first-order valence-electron chi connectivity index (χ1n) is 4.75. The average molecular weight is 292 g/mol. The fourth-order valence-corrected chi connectivity index (χ4v) is 4.39. The Labute approximate surface area is 105 Å². The fraction of sp³-hybridized carbons (Fsp3) is 0.500. The highest BCUT2D eigenvalue weighted by Crippen LogP contribution is 2.19. The van der Waals surface area contributed by atoms with E-state index in [0.29, 0.717) is 0 Å². The summed E-state index contributed by atoms with van der Waals surface area (Å²) in [6.07, 6.45) is 0. The Kier molecular flexibility index (Phi) is 3.80. The molecule has 100 valence electrons. The van der Waals surface area contributed by atoms with Crippen molar-refractivity contribution < 1.29 is 16.8 Å². The van der Waals surface area contributed by atoms with Gasteiger partial charge in [-0.25, -0.2) is 22.0 Å². The first kappa shape index (κ1) is 14.6. The van der Waals surface area contributed by atoms with E-state index in [4.69, 9.17) is 10.4 Å². The summed E-state index contributed by atoms with van der Waals surface area (Å²) in [7, 11) is -6.44. The Bertz CT molecular complexity index is 709. The SMILES string of the molecule is Cc1nn(C)c(S(=O)(=O)CCS(N)(=O)=O)c1C#N. The molecule has 0 saturated heterocycles. The second-order valence-corrected chi connectivity index (χ2v) is 7.45. The van der Waals surface area contributed by atoms with Crippen molar-refractivity contribution in [2.24, 2.45) is 12.2 Å². The van der Waals surface area contributed by atoms with Gasteiger partial charge in [0, 0.05) is 7.05 Å². The maximum Gasteiger partial charge on any atom is 0.210 e. The maximum absolute atomic E-state index is 12.0. The number of sulfonamides is 1. The van der Waals surface area contributed by atoms with Crippen LogP contribution in [0.1, 0.15) is 11.3 Å². The first-order chi connectivity index (χ1) is 8.08. The molecule has 1 aromatic rings. The third-order valence-electron chi connectivity index (χ3n) is 2.21. The molecule has 18 heavy (non-hydrogen) atoms. The number of aromatic nitrogens is 2. The van der Waals surface area contributed by atoms with E-state index < -0.39 is 31.4 Å². The van der Waals surface area contributed by atoms with Crippen LogP contribution in [-0.4, -0.2) is 38.1 Å². The zero-order valence-electron chi connectivity index (χ0n) is 9.78. The van der Waals surface area contributed by atoms with Gasteiger partial charge in [-0.15, -0.1) is 0 Å². The molecule has 1 aromatic heterocycles. The molecule has 0 spiro atoms. The summed E-state index contributed by atoms with van der Waals surface area (Å²) in [6, 6.07) is 1.74. The van der Waals surface area contributed by atoms with E-state index in [9.17, 15) is 16.8 Å². The molecule has 0 atom stereocenters. The Balaban J connectivity index is 3.26. The zero-order valence-corrected chi connectivity index (χ0v) is 11.4. The second kappa shape index (κ2) is 4.68. The molecule has 0 saturated carbocycles. The zero-order chi connectivity index (χ0) is 14.1. The number of hydrogen-bond donors (Lipinski definition) is 1. The van der Waals surface area contributed by atoms with Gasteiger partial charge in [-0.2, -0.15) is 10.4 Å². The highest BCUT2D eigenvalue weighted by Gasteiger charge is 2.27. The molecule has 1 heterocycles. The van der Waals surface area contributed by atoms with Crippen molar-refractivity contribution in [3.05, 3.63) is 11.3 Å². The van der Waals surface area contributed by atoms with Crippen LogP contribution in [0.5, 0.6) is 0 Å². The molecule has 2 N–H and O–H groups in total. The van der Waals surface area contributed by atoms with Crippen LogP contribution >= 0.6 is 0 Å². The third kappa shape index (κ3) is 3.06. The number of nitrogens with two attached hydrogens (primary N) is 1. The third-order valence-corrected chi connectivity index (χ3v) is 5.04. The molecule has 0 fully saturated rings. The lowest BCUT2D eigenvalue weighted by Gasteiger charge is -2.04. The summed E-state index contributed by atoms with van der Waals surface area (Å²) in [6.45, 7) is 1.50. The molecule has 0 aromatic carbocycles. The predicted octanol–water partition coefficient (Wildman–Crippen LogP) is -1.34. The summed E-state index contributed by atoms with van der Waals surface area (Å²) in [5, 5.41) is 17.2. The first-order valence-corrected chi connectivity index (χ1v) is 8.12. The lowest BCUT2D eigenvalue weighted by atomic mass is 10.3. The van der Waals surface area contributed by atoms with E-state index in [0.717, 1.165) is 4.68 Å². The molecule has 0 aliphatic heterocycles. The highest BCUT2D eigenvalue weighted by molar-refractivity contribution is 7.94. The lowest BCUT2D eigenvalue weighted by molar-refractivity contribution is 0.574. The standard InChI is InChI=1S/C8H12N4O4S2/c1-6-7(5-9)8(12(2)11-6)17(13,14)3-4-18(10,15)16/h3-4H2,1-2H3,(H2,10,15,16). The van der Waals surface area contributed by atoms with Gasteiger partial charge in [0.2, 0.25) is 10.0 Å². The van der Waals surface area contributed by atoms with Crippen molar-refractivity contribution in [2.75, 3.05) is 11.5 Å². The molecule has 0 aliphatic rings. The van der Waals surface area contributed by atoms with Crippen LogP contribution < -0.4 is 5.14 Å². The Morgan fingerprint density at radius 1 is 1.33 bits per heavy atom. The van der Waals surface area contributed by atoms with Crippen molar-refractivity contribution >= 4 is 19.9 Å². The predicted molar refractivity (Wildman–Crippen MR) is 62.7 cm³/mol. The van der Waals surface area contributed by atoms with E-state index in [1.165, 1.54) is 14.0 Å². The van der Waals surface area contributed by atoms with Gasteiger partial charge in [0.25, 0.3) is 0 Å². The van der Waals surface area contributed by atoms with E-state index in [1.807, 2.05) is 0 Å². The van der Waals surface area contributed by atoms with Gasteiger partial charge >= 0.3 is 0 Å². The number of nitriles is 1. The van der Waals surface area contributed by atoms with E-state index in [2.05, 4.69) is 5.10 Å². The van der Waals surface area contributed by atoms with Gasteiger partial charge in [0.05, 0.1) is 17.2 Å². The van der Waals surface area contributed by atoms with Gasteiger partial charge in [-0.3, -0.25) is 4.68 Å². The number of primary sulfonamides is 1. The number of rotatable bonds is 4. The number of nitrogens with zero attached hydrogens (tertiary/aromatic N) is 3. The van der Waals surface area contributed by atoms with E-state index in [-0.39, 0.29) is 16.3 Å². The minimum absolute atomic E-state index is 0.0769. The van der Waals surface area contributed by atoms with Crippen molar-refractivity contribution in [3.8, 4) is 6.07 Å². The van der Waals surface area contributed by atoms with Crippen LogP contribution in [0, 0.1) is 18.3 Å². The Hall–Kier alpha value is -1.44. The highest BCUT2D eigenvalue weighted by atomic mass is 32.2. The smallest absolute Gasteiger partial charge is 0.210 e. The average Bonchev–Trinajstić information content (AvgIpc) is 2.49. The maximum atomic E-state index is 12.0. The Morgan fingerprint density at radius 3 is 2.33 bits per heavy atom. The van der Waals surface area contributed by atoms with E-state index in [1.54, 1.807) is 6.07 Å². The van der Waals surface area contributed by atoms with Gasteiger partial charge < -0.3 is 0 Å². The molecular formula is C8H12N4O4S2. The van der Waals surface area contributed by atoms with Crippen LogP contribution in [0.4, 0.5) is 0 Å². The Morgan fingerprint density at radius 2 is 1.89 bits per heavy atom. The summed E-state index contributed by atoms with van der Waals surface area (Å²) in [5.41, 5.74) is 0.195. The van der Waals surface area contributed by atoms with Crippen LogP contribution in [0.15, 0.2) is 5.03 Å². The molecule has 0 bridgehead atoms. The van der Waals surface area contributed by atoms with Crippen molar-refractivity contribution in [3.63, 3.8) is 0 Å². The fourth-order valence-electron chi connectivity index (χ4n) is 1.45. The monoisotopic (exact) mass is 292 g/mol. The normalized spacial score (nSPS) is 12.3. The summed E-state index contributed by atoms with van der Waals surface area (Å²) < 4.78 is 46.5. The number of aryl methyl sites for hydroxylation is 2. The molecule has 0 radical (unpaired) electrons. The molecule has 1 rings (SSSR count). The van der Waals surface area contributed by atoms with Crippen LogP contribution in [0.3, 0.4) is 0 Å². The van der Waals surface area contributed by atoms with Crippen LogP contribution in [0.25, 0.3) is 0 Å². The van der Waals surface area contributed by atoms with Gasteiger partial charge in [-0.1, -0.05) is 0 Å². The largest absolute Gasteiger partial charge is 0.256 e. The summed E-state index contributed by atoms with van der Waals surface area (Å²) in [5.74, 6) is -1.39. The summed E-state index contributed by atoms with van der Waals surface area (Å²) >= 11 is 0. The molecule has 0 amide bonds. The molecular weight excluding hydrogens is 280 g/mol. The van der Waals surface area contributed by atoms with Crippen molar-refractivity contribution in [1.82, 2.24) is 9.78 Å². The quantitative estimate of drug-likeness (QED) is 0.729. The molecule has 10 heteroatoms. The topological polar surface area (TPSA) is 136 Å². The van der Waals surface area contributed by atoms with Crippen molar-refractivity contribution in [2.45, 2.75) is 11.9 Å². The minimum Gasteiger partial charge on any atom is -0.256 e. The lowest BCUT2D eigenvalue weighted by Crippen LogP contribution is -2.24. The molecule has 0 unspecified atom stereocenters. The van der Waals surface area contributed by atoms with Gasteiger partial charge in [0.15, 0.2) is 14.9 Å². The molecule has 0 aliphatic carbocycles. The number of sulfone groups is 1.